The number of nitro benzene ring substituents is 1. The highest BCUT2D eigenvalue weighted by molar-refractivity contribution is 5.94. The molecule has 0 radical (unpaired) electrons. The summed E-state index contributed by atoms with van der Waals surface area (Å²) in [7, 11) is 1.61. The fraction of sp³-hybridized carbons (Fsp3) is 0.316. The summed E-state index contributed by atoms with van der Waals surface area (Å²) in [5.74, 6) is 0.898. The second-order valence-electron chi connectivity index (χ2n) is 6.23. The Hall–Kier alpha value is -2.89. The van der Waals surface area contributed by atoms with Crippen LogP contribution >= 0.6 is 0 Å². The van der Waals surface area contributed by atoms with Crippen molar-refractivity contribution >= 4 is 11.6 Å². The number of amides is 1. The van der Waals surface area contributed by atoms with Gasteiger partial charge in [0.15, 0.2) is 0 Å². The van der Waals surface area contributed by atoms with Crippen molar-refractivity contribution in [1.82, 2.24) is 5.32 Å². The SMILES string of the molecule is COc1ccc(C(CC(C)C)NC(=O)c2ccc([N+](=O)[O-])cc2)cc1. The minimum absolute atomic E-state index is 0.0366. The Morgan fingerprint density at radius 3 is 2.20 bits per heavy atom. The summed E-state index contributed by atoms with van der Waals surface area (Å²) in [4.78, 5) is 22.7. The van der Waals surface area contributed by atoms with E-state index in [4.69, 9.17) is 4.74 Å². The van der Waals surface area contributed by atoms with Gasteiger partial charge >= 0.3 is 0 Å². The number of non-ortho nitro benzene ring substituents is 1. The molecule has 0 saturated heterocycles. The van der Waals surface area contributed by atoms with Gasteiger partial charge in [-0.25, -0.2) is 0 Å². The van der Waals surface area contributed by atoms with Crippen molar-refractivity contribution in [1.29, 1.82) is 0 Å². The van der Waals surface area contributed by atoms with E-state index >= 15 is 0 Å². The van der Waals surface area contributed by atoms with Crippen LogP contribution < -0.4 is 10.1 Å². The van der Waals surface area contributed by atoms with E-state index in [0.29, 0.717) is 11.5 Å². The smallest absolute Gasteiger partial charge is 0.269 e. The van der Waals surface area contributed by atoms with E-state index in [1.807, 2.05) is 24.3 Å². The molecule has 0 aliphatic carbocycles. The Balaban J connectivity index is 2.17. The van der Waals surface area contributed by atoms with Crippen LogP contribution in [0.15, 0.2) is 48.5 Å². The number of rotatable bonds is 7. The molecule has 0 bridgehead atoms. The molecule has 1 amide bonds. The molecule has 0 saturated carbocycles. The first-order chi connectivity index (χ1) is 11.9. The summed E-state index contributed by atoms with van der Waals surface area (Å²) in [6, 6.07) is 13.0. The van der Waals surface area contributed by atoms with Gasteiger partial charge in [0.2, 0.25) is 0 Å². The first-order valence-electron chi connectivity index (χ1n) is 8.10. The number of nitrogens with zero attached hydrogens (tertiary/aromatic N) is 1. The molecule has 0 spiro atoms. The van der Waals surface area contributed by atoms with E-state index in [0.717, 1.165) is 17.7 Å². The van der Waals surface area contributed by atoms with Crippen LogP contribution in [0.25, 0.3) is 0 Å². The Labute approximate surface area is 147 Å². The van der Waals surface area contributed by atoms with Gasteiger partial charge in [0.25, 0.3) is 11.6 Å². The third kappa shape index (κ3) is 5.04. The molecular formula is C19H22N2O4. The Kier molecular flexibility index (Phi) is 6.11. The molecule has 0 aliphatic heterocycles. The molecule has 2 rings (SSSR count). The normalized spacial score (nSPS) is 11.8. The summed E-state index contributed by atoms with van der Waals surface area (Å²) in [5, 5.41) is 13.7. The average molecular weight is 342 g/mol. The maximum atomic E-state index is 12.5. The van der Waals surface area contributed by atoms with Gasteiger partial charge in [-0.2, -0.15) is 0 Å². The summed E-state index contributed by atoms with van der Waals surface area (Å²) in [6.45, 7) is 4.18. The monoisotopic (exact) mass is 342 g/mol. The molecule has 1 unspecified atom stereocenters. The van der Waals surface area contributed by atoms with E-state index in [1.165, 1.54) is 24.3 Å². The summed E-state index contributed by atoms with van der Waals surface area (Å²) in [6.07, 6.45) is 0.783. The van der Waals surface area contributed by atoms with Gasteiger partial charge in [0.1, 0.15) is 5.75 Å². The molecule has 2 aromatic rings. The maximum Gasteiger partial charge on any atom is 0.269 e. The quantitative estimate of drug-likeness (QED) is 0.606. The van der Waals surface area contributed by atoms with Gasteiger partial charge < -0.3 is 10.1 Å². The maximum absolute atomic E-state index is 12.5. The van der Waals surface area contributed by atoms with Crippen molar-refractivity contribution in [2.75, 3.05) is 7.11 Å². The van der Waals surface area contributed by atoms with Crippen molar-refractivity contribution in [3.8, 4) is 5.75 Å². The first-order valence-corrected chi connectivity index (χ1v) is 8.10. The highest BCUT2D eigenvalue weighted by Gasteiger charge is 2.18. The summed E-state index contributed by atoms with van der Waals surface area (Å²) >= 11 is 0. The number of hydrogen-bond acceptors (Lipinski definition) is 4. The third-order valence-corrected chi connectivity index (χ3v) is 3.87. The number of carbonyl (C=O) groups is 1. The molecule has 6 heteroatoms. The third-order valence-electron chi connectivity index (χ3n) is 3.87. The van der Waals surface area contributed by atoms with Crippen molar-refractivity contribution in [3.05, 3.63) is 69.8 Å². The fourth-order valence-corrected chi connectivity index (χ4v) is 2.56. The second kappa shape index (κ2) is 8.28. The Bertz CT molecular complexity index is 724. The van der Waals surface area contributed by atoms with Gasteiger partial charge in [-0.1, -0.05) is 26.0 Å². The van der Waals surface area contributed by atoms with Gasteiger partial charge in [-0.3, -0.25) is 14.9 Å². The van der Waals surface area contributed by atoms with Crippen LogP contribution in [0, 0.1) is 16.0 Å². The van der Waals surface area contributed by atoms with Gasteiger partial charge in [-0.05, 0) is 42.2 Å². The zero-order valence-corrected chi connectivity index (χ0v) is 14.6. The molecule has 2 aromatic carbocycles. The highest BCUT2D eigenvalue weighted by atomic mass is 16.6. The van der Waals surface area contributed by atoms with Crippen LogP contribution in [0.1, 0.15) is 42.2 Å². The Morgan fingerprint density at radius 2 is 1.72 bits per heavy atom. The van der Waals surface area contributed by atoms with E-state index in [-0.39, 0.29) is 17.6 Å². The van der Waals surface area contributed by atoms with Gasteiger partial charge in [-0.15, -0.1) is 0 Å². The van der Waals surface area contributed by atoms with E-state index in [9.17, 15) is 14.9 Å². The van der Waals surface area contributed by atoms with Crippen LogP contribution in [0.4, 0.5) is 5.69 Å². The lowest BCUT2D eigenvalue weighted by atomic mass is 9.96. The summed E-state index contributed by atoms with van der Waals surface area (Å²) in [5.41, 5.74) is 1.35. The predicted octanol–water partition coefficient (Wildman–Crippen LogP) is 4.12. The molecular weight excluding hydrogens is 320 g/mol. The van der Waals surface area contributed by atoms with Crippen molar-refractivity contribution in [2.45, 2.75) is 26.3 Å². The number of hydrogen-bond donors (Lipinski definition) is 1. The lowest BCUT2D eigenvalue weighted by Gasteiger charge is -2.21. The zero-order chi connectivity index (χ0) is 18.4. The number of nitrogens with one attached hydrogen (secondary N) is 1. The van der Waals surface area contributed by atoms with Crippen LogP contribution in [0.5, 0.6) is 5.75 Å². The average Bonchev–Trinajstić information content (AvgIpc) is 2.61. The molecule has 0 aliphatic rings. The number of carbonyl (C=O) groups excluding carboxylic acids is 1. The van der Waals surface area contributed by atoms with Crippen molar-refractivity contribution in [2.24, 2.45) is 5.92 Å². The highest BCUT2D eigenvalue weighted by Crippen LogP contribution is 2.24. The van der Waals surface area contributed by atoms with Crippen LogP contribution in [0.2, 0.25) is 0 Å². The summed E-state index contributed by atoms with van der Waals surface area (Å²) < 4.78 is 5.17. The number of nitro groups is 1. The molecule has 0 aromatic heterocycles. The number of methoxy groups -OCH3 is 1. The van der Waals surface area contributed by atoms with Gasteiger partial charge in [0.05, 0.1) is 18.1 Å². The Morgan fingerprint density at radius 1 is 1.12 bits per heavy atom. The molecule has 1 N–H and O–H groups in total. The standard InChI is InChI=1S/C19H22N2O4/c1-13(2)12-18(14-6-10-17(25-3)11-7-14)20-19(22)15-4-8-16(9-5-15)21(23)24/h4-11,13,18H,12H2,1-3H3,(H,20,22). The fourth-order valence-electron chi connectivity index (χ4n) is 2.56. The lowest BCUT2D eigenvalue weighted by molar-refractivity contribution is -0.384. The lowest BCUT2D eigenvalue weighted by Crippen LogP contribution is -2.29. The minimum Gasteiger partial charge on any atom is -0.497 e. The van der Waals surface area contributed by atoms with Crippen molar-refractivity contribution in [3.63, 3.8) is 0 Å². The van der Waals surface area contributed by atoms with E-state index in [2.05, 4.69) is 19.2 Å². The van der Waals surface area contributed by atoms with E-state index in [1.54, 1.807) is 7.11 Å². The topological polar surface area (TPSA) is 81.5 Å². The van der Waals surface area contributed by atoms with Gasteiger partial charge in [0, 0.05) is 17.7 Å². The van der Waals surface area contributed by atoms with Crippen molar-refractivity contribution < 1.29 is 14.5 Å². The number of ether oxygens (including phenoxy) is 1. The molecule has 0 heterocycles. The largest absolute Gasteiger partial charge is 0.497 e. The molecule has 132 valence electrons. The first kappa shape index (κ1) is 18.4. The van der Waals surface area contributed by atoms with Crippen LogP contribution in [-0.2, 0) is 0 Å². The van der Waals surface area contributed by atoms with E-state index < -0.39 is 4.92 Å². The number of benzene rings is 2. The molecule has 6 nitrogen and oxygen atoms in total. The van der Waals surface area contributed by atoms with Crippen LogP contribution in [0.3, 0.4) is 0 Å². The van der Waals surface area contributed by atoms with Crippen LogP contribution in [-0.4, -0.2) is 17.9 Å². The zero-order valence-electron chi connectivity index (χ0n) is 14.6. The minimum atomic E-state index is -0.486. The second-order valence-corrected chi connectivity index (χ2v) is 6.23. The molecule has 25 heavy (non-hydrogen) atoms. The molecule has 1 atom stereocenters. The predicted molar refractivity (Wildman–Crippen MR) is 95.8 cm³/mol. The molecule has 0 fully saturated rings.